The molecule has 0 radical (unpaired) electrons. The van der Waals surface area contributed by atoms with E-state index in [2.05, 4.69) is 213 Å². The van der Waals surface area contributed by atoms with Gasteiger partial charge in [-0.25, -0.2) is 4.99 Å². The maximum absolute atomic E-state index is 5.31. The molecular formula is C52H38N6. The third-order valence-electron chi connectivity index (χ3n) is 11.2. The summed E-state index contributed by atoms with van der Waals surface area (Å²) in [5, 5.41) is 9.91. The number of aliphatic imine (C=N–C) groups is 1. The first kappa shape index (κ1) is 33.5. The van der Waals surface area contributed by atoms with Gasteiger partial charge in [0.05, 0.1) is 27.5 Å². The van der Waals surface area contributed by atoms with Gasteiger partial charge in [-0.1, -0.05) is 127 Å². The van der Waals surface area contributed by atoms with Crippen LogP contribution in [-0.4, -0.2) is 25.6 Å². The minimum Gasteiger partial charge on any atom is -0.358 e. The van der Waals surface area contributed by atoms with Crippen LogP contribution < -0.4 is 26.7 Å². The first-order valence-corrected chi connectivity index (χ1v) is 19.7. The van der Waals surface area contributed by atoms with Crippen LogP contribution in [0, 0.1) is 10.7 Å². The zero-order valence-corrected chi connectivity index (χ0v) is 31.6. The first-order chi connectivity index (χ1) is 28.7. The third kappa shape index (κ3) is 5.95. The lowest BCUT2D eigenvalue weighted by Crippen LogP contribution is -2.18. The van der Waals surface area contributed by atoms with Crippen molar-refractivity contribution in [3.8, 4) is 0 Å². The van der Waals surface area contributed by atoms with Crippen molar-refractivity contribution in [1.29, 1.82) is 0 Å². The highest BCUT2D eigenvalue weighted by Crippen LogP contribution is 2.33. The second-order valence-electron chi connectivity index (χ2n) is 14.7. The zero-order valence-electron chi connectivity index (χ0n) is 31.6. The molecule has 6 nitrogen and oxygen atoms in total. The molecule has 0 saturated carbocycles. The maximum Gasteiger partial charge on any atom is 0.0872 e. The molecule has 12 bridgehead atoms. The molecule has 3 aliphatic rings. The summed E-state index contributed by atoms with van der Waals surface area (Å²) in [4.78, 5) is 20.5. The lowest BCUT2D eigenvalue weighted by atomic mass is 9.98. The van der Waals surface area contributed by atoms with Crippen LogP contribution in [-0.2, 0) is 0 Å². The summed E-state index contributed by atoms with van der Waals surface area (Å²) in [5.74, 6) is 0. The number of nitrogens with zero attached hydrogens (tertiary/aromatic N) is 1. The molecule has 0 saturated heterocycles. The number of allylic oxidation sites excluding steroid dienone is 4. The van der Waals surface area contributed by atoms with Crippen molar-refractivity contribution in [2.24, 2.45) is 4.99 Å². The Morgan fingerprint density at radius 3 is 1.33 bits per heavy atom. The van der Waals surface area contributed by atoms with Gasteiger partial charge in [-0.2, -0.15) is 0 Å². The molecular weight excluding hydrogens is 709 g/mol. The van der Waals surface area contributed by atoms with Gasteiger partial charge in [0, 0.05) is 67.5 Å². The highest BCUT2D eigenvalue weighted by Gasteiger charge is 2.23. The highest BCUT2D eigenvalue weighted by atomic mass is 14.9. The number of H-pyrrole nitrogens is 4. The average Bonchev–Trinajstić information content (AvgIpc) is 4.13. The summed E-state index contributed by atoms with van der Waals surface area (Å²) >= 11 is 0. The fourth-order valence-electron chi connectivity index (χ4n) is 8.49. The Hall–Kier alpha value is -7.83. The van der Waals surface area contributed by atoms with E-state index in [0.717, 1.165) is 117 Å². The van der Waals surface area contributed by atoms with Crippen LogP contribution in [0.15, 0.2) is 204 Å². The Kier molecular flexibility index (Phi) is 8.11. The molecule has 4 aromatic heterocycles. The molecule has 11 rings (SSSR count). The predicted molar refractivity (Wildman–Crippen MR) is 234 cm³/mol. The summed E-state index contributed by atoms with van der Waals surface area (Å²) in [7, 11) is 0. The van der Waals surface area contributed by atoms with Gasteiger partial charge in [-0.15, -0.1) is 0 Å². The third-order valence-corrected chi connectivity index (χ3v) is 11.2. The Morgan fingerprint density at radius 2 is 0.793 bits per heavy atom. The van der Waals surface area contributed by atoms with Crippen molar-refractivity contribution in [2.75, 3.05) is 0 Å². The molecule has 3 aliphatic heterocycles. The standard InChI is InChI=1S/C52H38N6/c1-5-13-33(14-6-1)49-41-25-21-37(53-41)38-22-26-43(54-38)51(35-17-9-3-10-18-35)47-31-32-48(58-47)52(36-19-11-4-12-20-36)44-28-24-40(56-44)39-23-27-42(55-39)50(34-15-7-2-8-16-34)46-30-29-45(49)57-46/h1-31,53-55,57-58H,32H2. The molecule has 0 atom stereocenters. The minimum atomic E-state index is 0.740. The molecule has 8 aromatic rings. The Bertz CT molecular complexity index is 3350. The van der Waals surface area contributed by atoms with E-state index in [1.165, 1.54) is 0 Å². The molecule has 0 unspecified atom stereocenters. The lowest BCUT2D eigenvalue weighted by Gasteiger charge is -2.15. The number of hydrogen-bond donors (Lipinski definition) is 5. The van der Waals surface area contributed by atoms with Crippen molar-refractivity contribution in [3.63, 3.8) is 0 Å². The van der Waals surface area contributed by atoms with E-state index in [-0.39, 0.29) is 0 Å². The summed E-state index contributed by atoms with van der Waals surface area (Å²) in [6.45, 7) is 0. The first-order valence-electron chi connectivity index (χ1n) is 19.7. The molecule has 58 heavy (non-hydrogen) atoms. The predicted octanol–water partition coefficient (Wildman–Crippen LogP) is 7.40. The average molecular weight is 747 g/mol. The summed E-state index contributed by atoms with van der Waals surface area (Å²) in [5.41, 5.74) is 14.9. The zero-order chi connectivity index (χ0) is 38.4. The van der Waals surface area contributed by atoms with Crippen molar-refractivity contribution in [2.45, 2.75) is 6.42 Å². The fraction of sp³-hybridized carbons (Fsp3) is 0.0192. The van der Waals surface area contributed by atoms with Crippen LogP contribution in [0.25, 0.3) is 28.0 Å². The molecule has 4 aromatic carbocycles. The summed E-state index contributed by atoms with van der Waals surface area (Å²) in [6, 6.07) is 59.7. The molecule has 276 valence electrons. The highest BCUT2D eigenvalue weighted by molar-refractivity contribution is 6.32. The van der Waals surface area contributed by atoms with Gasteiger partial charge in [0.25, 0.3) is 0 Å². The smallest absolute Gasteiger partial charge is 0.0872 e. The Morgan fingerprint density at radius 1 is 0.362 bits per heavy atom. The molecule has 0 spiro atoms. The van der Waals surface area contributed by atoms with Gasteiger partial charge < -0.3 is 25.3 Å². The minimum absolute atomic E-state index is 0.740. The summed E-state index contributed by atoms with van der Waals surface area (Å²) in [6.07, 6.45) is 7.31. The van der Waals surface area contributed by atoms with E-state index in [9.17, 15) is 0 Å². The van der Waals surface area contributed by atoms with Gasteiger partial charge in [-0.3, -0.25) is 0 Å². The number of fused-ring (bicyclic) bond motifs is 11. The number of nitrogens with one attached hydrogen (secondary N) is 5. The normalized spacial score (nSPS) is 14.9. The van der Waals surface area contributed by atoms with Crippen LogP contribution in [0.1, 0.15) is 40.1 Å². The molecule has 5 N–H and O–H groups in total. The van der Waals surface area contributed by atoms with Gasteiger partial charge in [0.15, 0.2) is 0 Å². The van der Waals surface area contributed by atoms with E-state index < -0.39 is 0 Å². The monoisotopic (exact) mass is 746 g/mol. The topological polar surface area (TPSA) is 87.5 Å². The van der Waals surface area contributed by atoms with Crippen molar-refractivity contribution in [3.05, 3.63) is 265 Å². The van der Waals surface area contributed by atoms with Gasteiger partial charge in [0.2, 0.25) is 0 Å². The number of aromatic amines is 4. The van der Waals surface area contributed by atoms with Crippen LogP contribution in [0.5, 0.6) is 0 Å². The number of benzene rings is 4. The number of aromatic nitrogens is 4. The lowest BCUT2D eigenvalue weighted by molar-refractivity contribution is 1.04. The Labute approximate surface area is 334 Å². The van der Waals surface area contributed by atoms with Crippen LogP contribution in [0.4, 0.5) is 0 Å². The van der Waals surface area contributed by atoms with Crippen molar-refractivity contribution in [1.82, 2.24) is 25.3 Å². The van der Waals surface area contributed by atoms with Gasteiger partial charge in [-0.05, 0) is 82.9 Å². The molecule has 0 amide bonds. The van der Waals surface area contributed by atoms with E-state index in [0.29, 0.717) is 0 Å². The van der Waals surface area contributed by atoms with E-state index >= 15 is 0 Å². The largest absolute Gasteiger partial charge is 0.358 e. The SMILES string of the molecule is C1=CC2=c3ccc([nH]3)=C(c3ccccc3)c3ccc([nH]3)C(c3ccccc3)=c3ccc([nH]3)=c3ccc([nH]3)=C(c3ccccc3)C3=CCC(=C(c4ccccc4)C1=N2)N3. The molecule has 0 fully saturated rings. The quantitative estimate of drug-likeness (QED) is 0.128. The van der Waals surface area contributed by atoms with Crippen LogP contribution >= 0.6 is 0 Å². The maximum atomic E-state index is 5.31. The van der Waals surface area contributed by atoms with Crippen molar-refractivity contribution < 1.29 is 0 Å². The molecule has 7 heterocycles. The molecule has 6 heteroatoms. The van der Waals surface area contributed by atoms with E-state index in [1.54, 1.807) is 0 Å². The van der Waals surface area contributed by atoms with E-state index in [4.69, 9.17) is 4.99 Å². The molecule has 0 aliphatic carbocycles. The van der Waals surface area contributed by atoms with Gasteiger partial charge in [0.1, 0.15) is 0 Å². The van der Waals surface area contributed by atoms with Crippen LogP contribution in [0.2, 0.25) is 0 Å². The number of rotatable bonds is 4. The number of hydrogen-bond acceptors (Lipinski definition) is 2. The van der Waals surface area contributed by atoms with Gasteiger partial charge >= 0.3 is 0 Å². The van der Waals surface area contributed by atoms with Crippen molar-refractivity contribution >= 4 is 33.7 Å². The Balaban J connectivity index is 1.23. The van der Waals surface area contributed by atoms with Crippen LogP contribution in [0.3, 0.4) is 0 Å². The summed E-state index contributed by atoms with van der Waals surface area (Å²) < 4.78 is 0. The van der Waals surface area contributed by atoms with E-state index in [1.807, 2.05) is 0 Å². The second kappa shape index (κ2) is 14.0. The second-order valence-corrected chi connectivity index (χ2v) is 14.7. The fourth-order valence-corrected chi connectivity index (χ4v) is 8.49.